The number of carbonyl (C=O) groups is 1. The lowest BCUT2D eigenvalue weighted by Gasteiger charge is -2.22. The fourth-order valence-corrected chi connectivity index (χ4v) is 2.19. The summed E-state index contributed by atoms with van der Waals surface area (Å²) in [5.41, 5.74) is 1.74. The van der Waals surface area contributed by atoms with Crippen molar-refractivity contribution in [1.29, 1.82) is 0 Å². The van der Waals surface area contributed by atoms with Crippen LogP contribution in [0.3, 0.4) is 0 Å². The minimum atomic E-state index is -0.819. The van der Waals surface area contributed by atoms with Gasteiger partial charge in [-0.05, 0) is 30.5 Å². The van der Waals surface area contributed by atoms with Crippen LogP contribution < -0.4 is 9.47 Å². The molecule has 1 atom stereocenters. The van der Waals surface area contributed by atoms with Crippen LogP contribution in [0.25, 0.3) is 0 Å². The lowest BCUT2D eigenvalue weighted by Crippen LogP contribution is -2.17. The minimum Gasteiger partial charge on any atom is -0.486 e. The van der Waals surface area contributed by atoms with E-state index in [4.69, 9.17) is 26.2 Å². The Balaban J connectivity index is 2.37. The number of hydrogen-bond acceptors (Lipinski definition) is 3. The number of aliphatic carboxylic acids is 1. The molecule has 1 N–H and O–H groups in total. The predicted molar refractivity (Wildman–Crippen MR) is 67.7 cm³/mol. The van der Waals surface area contributed by atoms with Crippen molar-refractivity contribution in [3.05, 3.63) is 22.2 Å². The maximum Gasteiger partial charge on any atom is 0.306 e. The van der Waals surface area contributed by atoms with Gasteiger partial charge in [-0.3, -0.25) is 4.79 Å². The molecule has 4 nitrogen and oxygen atoms in total. The van der Waals surface area contributed by atoms with Crippen molar-refractivity contribution >= 4 is 17.6 Å². The average Bonchev–Trinajstić information content (AvgIpc) is 2.35. The SMILES string of the molecule is Cc1c(CC(C)C(=O)O)cc2c(c1Cl)OCCO2. The largest absolute Gasteiger partial charge is 0.486 e. The van der Waals surface area contributed by atoms with Gasteiger partial charge >= 0.3 is 5.97 Å². The van der Waals surface area contributed by atoms with Gasteiger partial charge in [0.15, 0.2) is 11.5 Å². The molecule has 0 fully saturated rings. The molecule has 1 unspecified atom stereocenters. The minimum absolute atomic E-state index is 0.428. The Kier molecular flexibility index (Phi) is 3.66. The second kappa shape index (κ2) is 5.06. The third-order valence-electron chi connectivity index (χ3n) is 3.07. The van der Waals surface area contributed by atoms with E-state index in [1.165, 1.54) is 0 Å². The summed E-state index contributed by atoms with van der Waals surface area (Å²) in [5, 5.41) is 9.47. The third kappa shape index (κ3) is 2.38. The van der Waals surface area contributed by atoms with Crippen LogP contribution in [0.5, 0.6) is 11.5 Å². The number of carboxylic acids is 1. The molecular weight excluding hydrogens is 256 g/mol. The molecule has 2 rings (SSSR count). The number of ether oxygens (including phenoxy) is 2. The fourth-order valence-electron chi connectivity index (χ4n) is 1.92. The molecule has 98 valence electrons. The summed E-state index contributed by atoms with van der Waals surface area (Å²) >= 11 is 6.23. The van der Waals surface area contributed by atoms with E-state index in [0.717, 1.165) is 11.1 Å². The van der Waals surface area contributed by atoms with Crippen LogP contribution in [-0.2, 0) is 11.2 Å². The first-order valence-electron chi connectivity index (χ1n) is 5.81. The second-order valence-corrected chi connectivity index (χ2v) is 4.82. The van der Waals surface area contributed by atoms with Crippen LogP contribution in [0.1, 0.15) is 18.1 Å². The molecule has 5 heteroatoms. The van der Waals surface area contributed by atoms with Crippen molar-refractivity contribution in [2.45, 2.75) is 20.3 Å². The Morgan fingerprint density at radius 2 is 2.17 bits per heavy atom. The summed E-state index contributed by atoms with van der Waals surface area (Å²) in [6.07, 6.45) is 0.428. The van der Waals surface area contributed by atoms with Crippen molar-refractivity contribution in [2.24, 2.45) is 5.92 Å². The van der Waals surface area contributed by atoms with Crippen molar-refractivity contribution in [3.63, 3.8) is 0 Å². The van der Waals surface area contributed by atoms with Gasteiger partial charge in [-0.1, -0.05) is 18.5 Å². The Morgan fingerprint density at radius 3 is 2.83 bits per heavy atom. The highest BCUT2D eigenvalue weighted by Crippen LogP contribution is 2.41. The Hall–Kier alpha value is -1.42. The quantitative estimate of drug-likeness (QED) is 0.917. The van der Waals surface area contributed by atoms with Crippen molar-refractivity contribution in [1.82, 2.24) is 0 Å². The molecule has 0 amide bonds. The molecule has 18 heavy (non-hydrogen) atoms. The van der Waals surface area contributed by atoms with E-state index in [1.807, 2.05) is 13.0 Å². The maximum absolute atomic E-state index is 10.9. The molecule has 0 radical (unpaired) electrons. The first-order chi connectivity index (χ1) is 8.50. The number of fused-ring (bicyclic) bond motifs is 1. The standard InChI is InChI=1S/C13H15ClO4/c1-7(13(15)16)5-9-6-10-12(11(14)8(9)2)18-4-3-17-10/h6-7H,3-5H2,1-2H3,(H,15,16). The summed E-state index contributed by atoms with van der Waals surface area (Å²) < 4.78 is 11.0. The fraction of sp³-hybridized carbons (Fsp3) is 0.462. The zero-order valence-electron chi connectivity index (χ0n) is 10.3. The number of carboxylic acid groups (broad SMARTS) is 1. The van der Waals surface area contributed by atoms with Gasteiger partial charge in [-0.25, -0.2) is 0 Å². The Labute approximate surface area is 110 Å². The molecule has 1 aliphatic heterocycles. The second-order valence-electron chi connectivity index (χ2n) is 4.44. The highest BCUT2D eigenvalue weighted by molar-refractivity contribution is 6.33. The highest BCUT2D eigenvalue weighted by Gasteiger charge is 2.22. The van der Waals surface area contributed by atoms with Gasteiger partial charge in [-0.15, -0.1) is 0 Å². The Bertz CT molecular complexity index is 484. The van der Waals surface area contributed by atoms with Crippen LogP contribution in [0, 0.1) is 12.8 Å². The molecule has 1 heterocycles. The average molecular weight is 271 g/mol. The molecule has 1 aromatic rings. The summed E-state index contributed by atoms with van der Waals surface area (Å²) in [7, 11) is 0. The topological polar surface area (TPSA) is 55.8 Å². The van der Waals surface area contributed by atoms with Gasteiger partial charge in [0.1, 0.15) is 13.2 Å². The van der Waals surface area contributed by atoms with Crippen LogP contribution in [-0.4, -0.2) is 24.3 Å². The molecule has 0 saturated carbocycles. The van der Waals surface area contributed by atoms with Gasteiger partial charge in [0, 0.05) is 0 Å². The summed E-state index contributed by atoms with van der Waals surface area (Å²) in [5.74, 6) is -0.112. The van der Waals surface area contributed by atoms with Crippen LogP contribution >= 0.6 is 11.6 Å². The monoisotopic (exact) mass is 270 g/mol. The van der Waals surface area contributed by atoms with Crippen LogP contribution in [0.15, 0.2) is 6.07 Å². The summed E-state index contributed by atoms with van der Waals surface area (Å²) in [6.45, 7) is 4.51. The van der Waals surface area contributed by atoms with E-state index in [0.29, 0.717) is 36.2 Å². The summed E-state index contributed by atoms with van der Waals surface area (Å²) in [4.78, 5) is 10.9. The van der Waals surface area contributed by atoms with E-state index in [9.17, 15) is 4.79 Å². The molecule has 0 bridgehead atoms. The number of benzene rings is 1. The Morgan fingerprint density at radius 1 is 1.50 bits per heavy atom. The van der Waals surface area contributed by atoms with E-state index < -0.39 is 11.9 Å². The van der Waals surface area contributed by atoms with Gasteiger partial charge in [0.05, 0.1) is 10.9 Å². The van der Waals surface area contributed by atoms with E-state index in [-0.39, 0.29) is 0 Å². The third-order valence-corrected chi connectivity index (χ3v) is 3.53. The molecule has 1 aliphatic rings. The van der Waals surface area contributed by atoms with Gasteiger partial charge < -0.3 is 14.6 Å². The van der Waals surface area contributed by atoms with Gasteiger partial charge in [0.25, 0.3) is 0 Å². The van der Waals surface area contributed by atoms with Crippen molar-refractivity contribution < 1.29 is 19.4 Å². The zero-order valence-corrected chi connectivity index (χ0v) is 11.1. The lowest BCUT2D eigenvalue weighted by atomic mass is 9.96. The predicted octanol–water partition coefficient (Wildman–Crippen LogP) is 2.68. The van der Waals surface area contributed by atoms with Gasteiger partial charge in [0.2, 0.25) is 0 Å². The van der Waals surface area contributed by atoms with E-state index in [2.05, 4.69) is 0 Å². The van der Waals surface area contributed by atoms with Crippen molar-refractivity contribution in [3.8, 4) is 11.5 Å². The normalized spacial score (nSPS) is 15.3. The molecule has 0 saturated heterocycles. The summed E-state index contributed by atoms with van der Waals surface area (Å²) in [6, 6.07) is 1.83. The highest BCUT2D eigenvalue weighted by atomic mass is 35.5. The zero-order chi connectivity index (χ0) is 13.3. The van der Waals surface area contributed by atoms with E-state index >= 15 is 0 Å². The molecule has 0 aliphatic carbocycles. The number of halogens is 1. The molecular formula is C13H15ClO4. The van der Waals surface area contributed by atoms with Crippen LogP contribution in [0.2, 0.25) is 5.02 Å². The molecule has 0 spiro atoms. The van der Waals surface area contributed by atoms with Crippen molar-refractivity contribution in [2.75, 3.05) is 13.2 Å². The smallest absolute Gasteiger partial charge is 0.306 e. The molecule has 0 aromatic heterocycles. The van der Waals surface area contributed by atoms with Crippen LogP contribution in [0.4, 0.5) is 0 Å². The number of hydrogen-bond donors (Lipinski definition) is 1. The number of rotatable bonds is 3. The van der Waals surface area contributed by atoms with E-state index in [1.54, 1.807) is 6.92 Å². The lowest BCUT2D eigenvalue weighted by molar-refractivity contribution is -0.141. The first kappa shape index (κ1) is 13.0. The molecule has 1 aromatic carbocycles. The van der Waals surface area contributed by atoms with Gasteiger partial charge in [-0.2, -0.15) is 0 Å². The first-order valence-corrected chi connectivity index (χ1v) is 6.19. The maximum atomic E-state index is 10.9.